The number of Topliss-reactive ketones (excluding diaryl/α,β-unsaturated/α-hetero) is 2. The second-order valence-corrected chi connectivity index (χ2v) is 10.1. The Labute approximate surface area is 176 Å². The summed E-state index contributed by atoms with van der Waals surface area (Å²) in [5.41, 5.74) is -1.83. The maximum absolute atomic E-state index is 13.6. The molecule has 0 heterocycles. The minimum Gasteiger partial charge on any atom is -0.450 e. The van der Waals surface area contributed by atoms with Crippen LogP contribution >= 0.6 is 0 Å². The van der Waals surface area contributed by atoms with Gasteiger partial charge in [0.2, 0.25) is 5.78 Å². The number of aliphatic hydroxyl groups is 1. The first-order valence-corrected chi connectivity index (χ1v) is 10.8. The molecule has 1 N–H and O–H groups in total. The maximum Gasteiger partial charge on any atom is 0.303 e. The zero-order valence-electron chi connectivity index (χ0n) is 18.1. The summed E-state index contributed by atoms with van der Waals surface area (Å²) < 4.78 is 5.74. The summed E-state index contributed by atoms with van der Waals surface area (Å²) in [5, 5.41) is 9.74. The predicted octanol–water partition coefficient (Wildman–Crippen LogP) is 2.58. The molecule has 0 radical (unpaired) electrons. The zero-order chi connectivity index (χ0) is 22.1. The van der Waals surface area contributed by atoms with E-state index in [1.54, 1.807) is 12.2 Å². The molecule has 0 aliphatic heterocycles. The van der Waals surface area contributed by atoms with E-state index >= 15 is 0 Å². The van der Waals surface area contributed by atoms with E-state index in [1.165, 1.54) is 6.92 Å². The van der Waals surface area contributed by atoms with E-state index in [1.807, 2.05) is 26.8 Å². The highest BCUT2D eigenvalue weighted by Gasteiger charge is 2.72. The average molecular weight is 414 g/mol. The predicted molar refractivity (Wildman–Crippen MR) is 108 cm³/mol. The number of allylic oxidation sites excluding steroid dienone is 4. The van der Waals surface area contributed by atoms with Gasteiger partial charge >= 0.3 is 5.97 Å². The minimum atomic E-state index is -1.49. The maximum atomic E-state index is 13.6. The molecule has 4 aliphatic carbocycles. The number of aliphatic hydroxyl groups excluding tert-OH is 1. The van der Waals surface area contributed by atoms with Crippen molar-refractivity contribution >= 4 is 23.3 Å². The number of hydrogen-bond acceptors (Lipinski definition) is 6. The smallest absolute Gasteiger partial charge is 0.303 e. The topological polar surface area (TPSA) is 97.7 Å². The molecule has 0 aromatic rings. The number of carbonyl (C=O) groups excluding carboxylic acids is 4. The lowest BCUT2D eigenvalue weighted by molar-refractivity contribution is -0.195. The van der Waals surface area contributed by atoms with Gasteiger partial charge in [-0.2, -0.15) is 0 Å². The normalized spacial score (nSPS) is 44.6. The molecule has 6 nitrogen and oxygen atoms in total. The monoisotopic (exact) mass is 414 g/mol. The number of carbonyl (C=O) groups is 4. The molecule has 7 atom stereocenters. The standard InChI is InChI=1S/C24H30O6/c1-13-9-18-17-6-5-15-10-16(27)7-8-22(15,3)21(17)19(28)11-23(18,4)24(13,20(29)12-25)30-14(2)26/h7-8,10,13,17-18,21,25H,5-6,9,11-12H2,1-4H3/t13-,17-,18-,21+,22-,23-,24-/m0/s1. The Morgan fingerprint density at radius 2 is 1.97 bits per heavy atom. The van der Waals surface area contributed by atoms with Crippen molar-refractivity contribution in [3.8, 4) is 0 Å². The average Bonchev–Trinajstić information content (AvgIpc) is 2.88. The molecule has 0 aromatic heterocycles. The van der Waals surface area contributed by atoms with Crippen molar-refractivity contribution in [3.05, 3.63) is 23.8 Å². The molecule has 6 heteroatoms. The minimum absolute atomic E-state index is 0.00875. The third kappa shape index (κ3) is 2.52. The molecule has 3 fully saturated rings. The number of rotatable bonds is 3. The third-order valence-electron chi connectivity index (χ3n) is 8.66. The highest BCUT2D eigenvalue weighted by atomic mass is 16.6. The van der Waals surface area contributed by atoms with Crippen LogP contribution in [0.1, 0.15) is 53.4 Å². The molecule has 4 rings (SSSR count). The van der Waals surface area contributed by atoms with Crippen LogP contribution in [0.5, 0.6) is 0 Å². The lowest BCUT2D eigenvalue weighted by Gasteiger charge is -2.57. The number of hydrogen-bond donors (Lipinski definition) is 1. The van der Waals surface area contributed by atoms with Crippen LogP contribution in [0.15, 0.2) is 23.8 Å². The van der Waals surface area contributed by atoms with Gasteiger partial charge in [0.15, 0.2) is 11.4 Å². The van der Waals surface area contributed by atoms with Crippen molar-refractivity contribution in [2.75, 3.05) is 6.61 Å². The van der Waals surface area contributed by atoms with Crippen molar-refractivity contribution < 1.29 is 29.0 Å². The molecule has 4 aliphatic rings. The van der Waals surface area contributed by atoms with Crippen LogP contribution in [0, 0.1) is 34.5 Å². The van der Waals surface area contributed by atoms with Gasteiger partial charge < -0.3 is 9.84 Å². The van der Waals surface area contributed by atoms with E-state index in [0.29, 0.717) is 6.42 Å². The molecular formula is C24H30O6. The van der Waals surface area contributed by atoms with Crippen molar-refractivity contribution in [3.63, 3.8) is 0 Å². The molecule has 0 bridgehead atoms. The van der Waals surface area contributed by atoms with E-state index in [9.17, 15) is 24.3 Å². The van der Waals surface area contributed by atoms with Gasteiger partial charge in [-0.25, -0.2) is 0 Å². The van der Waals surface area contributed by atoms with Gasteiger partial charge in [0.25, 0.3) is 0 Å². The summed E-state index contributed by atoms with van der Waals surface area (Å²) in [5.74, 6) is -1.60. The van der Waals surface area contributed by atoms with E-state index in [4.69, 9.17) is 4.74 Å². The van der Waals surface area contributed by atoms with Gasteiger partial charge in [-0.15, -0.1) is 0 Å². The lowest BCUT2D eigenvalue weighted by Crippen LogP contribution is -2.63. The van der Waals surface area contributed by atoms with Gasteiger partial charge in [0.05, 0.1) is 0 Å². The Hall–Kier alpha value is -2.08. The Kier molecular flexibility index (Phi) is 4.73. The van der Waals surface area contributed by atoms with E-state index in [-0.39, 0.29) is 41.7 Å². The van der Waals surface area contributed by atoms with Gasteiger partial charge in [-0.05, 0) is 43.3 Å². The molecule has 0 aromatic carbocycles. The molecule has 0 saturated heterocycles. The molecule has 0 spiro atoms. The second kappa shape index (κ2) is 6.71. The van der Waals surface area contributed by atoms with Gasteiger partial charge in [-0.1, -0.05) is 32.4 Å². The van der Waals surface area contributed by atoms with Crippen molar-refractivity contribution in [2.24, 2.45) is 34.5 Å². The fourth-order valence-corrected chi connectivity index (χ4v) is 7.56. The Morgan fingerprint density at radius 3 is 2.60 bits per heavy atom. The van der Waals surface area contributed by atoms with Crippen LogP contribution in [0.4, 0.5) is 0 Å². The second-order valence-electron chi connectivity index (χ2n) is 10.1. The van der Waals surface area contributed by atoms with Crippen LogP contribution in [0.25, 0.3) is 0 Å². The van der Waals surface area contributed by atoms with Gasteiger partial charge in [0.1, 0.15) is 12.4 Å². The largest absolute Gasteiger partial charge is 0.450 e. The van der Waals surface area contributed by atoms with E-state index < -0.39 is 34.8 Å². The van der Waals surface area contributed by atoms with Crippen LogP contribution in [-0.4, -0.2) is 40.6 Å². The lowest BCUT2D eigenvalue weighted by atomic mass is 9.46. The van der Waals surface area contributed by atoms with Gasteiger partial charge in [0, 0.05) is 36.0 Å². The first-order chi connectivity index (χ1) is 14.0. The summed E-state index contributed by atoms with van der Waals surface area (Å²) in [6.45, 7) is 6.35. The highest BCUT2D eigenvalue weighted by molar-refractivity contribution is 6.02. The quantitative estimate of drug-likeness (QED) is 0.713. The Balaban J connectivity index is 1.82. The summed E-state index contributed by atoms with van der Waals surface area (Å²) >= 11 is 0. The van der Waals surface area contributed by atoms with E-state index in [2.05, 4.69) is 0 Å². The summed E-state index contributed by atoms with van der Waals surface area (Å²) in [6, 6.07) is 0. The number of ether oxygens (including phenoxy) is 1. The summed E-state index contributed by atoms with van der Waals surface area (Å²) in [7, 11) is 0. The highest BCUT2D eigenvalue weighted by Crippen LogP contribution is 2.68. The SMILES string of the molecule is CC(=O)O[C@]1(C(=O)CO)[C@@H](C)C[C@H]2[C@@H]3CCC4=CC(=O)C=C[C@]4(C)[C@H]3C(=O)C[C@@]21C. The van der Waals surface area contributed by atoms with Crippen LogP contribution < -0.4 is 0 Å². The molecule has 3 saturated carbocycles. The van der Waals surface area contributed by atoms with Crippen molar-refractivity contribution in [1.29, 1.82) is 0 Å². The van der Waals surface area contributed by atoms with Gasteiger partial charge in [-0.3, -0.25) is 19.2 Å². The van der Waals surface area contributed by atoms with Crippen LogP contribution in [0.3, 0.4) is 0 Å². The van der Waals surface area contributed by atoms with Crippen molar-refractivity contribution in [1.82, 2.24) is 0 Å². The molecule has 162 valence electrons. The fraction of sp³-hybridized carbons (Fsp3) is 0.667. The van der Waals surface area contributed by atoms with Crippen LogP contribution in [0.2, 0.25) is 0 Å². The first-order valence-electron chi connectivity index (χ1n) is 10.8. The number of ketones is 3. The Bertz CT molecular complexity index is 899. The molecule has 30 heavy (non-hydrogen) atoms. The number of esters is 1. The van der Waals surface area contributed by atoms with Crippen molar-refractivity contribution in [2.45, 2.75) is 59.0 Å². The fourth-order valence-electron chi connectivity index (χ4n) is 7.56. The molecule has 0 unspecified atom stereocenters. The molecular weight excluding hydrogens is 384 g/mol. The third-order valence-corrected chi connectivity index (χ3v) is 8.66. The first kappa shape index (κ1) is 21.2. The Morgan fingerprint density at radius 1 is 1.27 bits per heavy atom. The molecule has 0 amide bonds. The summed E-state index contributed by atoms with van der Waals surface area (Å²) in [6.07, 6.45) is 7.38. The van der Waals surface area contributed by atoms with Crippen LogP contribution in [-0.2, 0) is 23.9 Å². The number of fused-ring (bicyclic) bond motifs is 5. The zero-order valence-corrected chi connectivity index (χ0v) is 18.1. The summed E-state index contributed by atoms with van der Waals surface area (Å²) in [4.78, 5) is 50.6. The van der Waals surface area contributed by atoms with E-state index in [0.717, 1.165) is 18.4 Å².